The molecule has 1 aromatic carbocycles. The fourth-order valence-electron chi connectivity index (χ4n) is 1.66. The second kappa shape index (κ2) is 6.77. The molecule has 0 unspecified atom stereocenters. The van der Waals surface area contributed by atoms with Crippen molar-refractivity contribution < 1.29 is 4.74 Å². The standard InChI is InChI=1S/C15H18N2O/c1-2-16-10-13-5-3-7-15(9-13)18-12-14-6-4-8-17-11-14/h3-9,11,16H,2,10,12H2,1H3. The predicted octanol–water partition coefficient (Wildman–Crippen LogP) is 2.77. The van der Waals surface area contributed by atoms with E-state index in [4.69, 9.17) is 4.74 Å². The molecule has 2 rings (SSSR count). The van der Waals surface area contributed by atoms with Gasteiger partial charge in [0.05, 0.1) is 0 Å². The molecule has 0 radical (unpaired) electrons. The van der Waals surface area contributed by atoms with Gasteiger partial charge in [-0.2, -0.15) is 0 Å². The van der Waals surface area contributed by atoms with Crippen molar-refractivity contribution >= 4 is 0 Å². The molecule has 0 aliphatic carbocycles. The Morgan fingerprint density at radius 3 is 2.83 bits per heavy atom. The van der Waals surface area contributed by atoms with Gasteiger partial charge >= 0.3 is 0 Å². The summed E-state index contributed by atoms with van der Waals surface area (Å²) in [5.74, 6) is 0.897. The summed E-state index contributed by atoms with van der Waals surface area (Å²) in [7, 11) is 0. The third-order valence-electron chi connectivity index (χ3n) is 2.61. The maximum atomic E-state index is 5.74. The van der Waals surface area contributed by atoms with Crippen LogP contribution >= 0.6 is 0 Å². The van der Waals surface area contributed by atoms with Crippen LogP contribution in [-0.4, -0.2) is 11.5 Å². The molecule has 94 valence electrons. The first-order valence-corrected chi connectivity index (χ1v) is 6.20. The number of pyridine rings is 1. The van der Waals surface area contributed by atoms with Crippen LogP contribution in [0.15, 0.2) is 48.8 Å². The number of ether oxygens (including phenoxy) is 1. The highest BCUT2D eigenvalue weighted by Crippen LogP contribution is 2.14. The van der Waals surface area contributed by atoms with Crippen LogP contribution < -0.4 is 10.1 Å². The summed E-state index contributed by atoms with van der Waals surface area (Å²) >= 11 is 0. The van der Waals surface area contributed by atoms with Crippen molar-refractivity contribution in [3.05, 3.63) is 59.9 Å². The van der Waals surface area contributed by atoms with E-state index in [1.54, 1.807) is 6.20 Å². The van der Waals surface area contributed by atoms with Gasteiger partial charge in [-0.25, -0.2) is 0 Å². The highest BCUT2D eigenvalue weighted by molar-refractivity contribution is 5.28. The molecule has 0 bridgehead atoms. The molecular formula is C15H18N2O. The normalized spacial score (nSPS) is 10.3. The number of nitrogens with zero attached hydrogens (tertiary/aromatic N) is 1. The zero-order valence-corrected chi connectivity index (χ0v) is 10.6. The Kier molecular flexibility index (Phi) is 4.73. The van der Waals surface area contributed by atoms with E-state index in [2.05, 4.69) is 29.4 Å². The molecule has 0 aliphatic rings. The predicted molar refractivity (Wildman–Crippen MR) is 72.4 cm³/mol. The summed E-state index contributed by atoms with van der Waals surface area (Å²) in [6, 6.07) is 12.1. The fraction of sp³-hybridized carbons (Fsp3) is 0.267. The average molecular weight is 242 g/mol. The molecular weight excluding hydrogens is 224 g/mol. The molecule has 1 N–H and O–H groups in total. The summed E-state index contributed by atoms with van der Waals surface area (Å²) in [6.07, 6.45) is 3.59. The van der Waals surface area contributed by atoms with E-state index in [0.29, 0.717) is 6.61 Å². The largest absolute Gasteiger partial charge is 0.489 e. The van der Waals surface area contributed by atoms with Crippen LogP contribution in [0.5, 0.6) is 5.75 Å². The van der Waals surface area contributed by atoms with E-state index in [1.807, 2.05) is 30.5 Å². The fourth-order valence-corrected chi connectivity index (χ4v) is 1.66. The highest BCUT2D eigenvalue weighted by atomic mass is 16.5. The molecule has 3 nitrogen and oxygen atoms in total. The van der Waals surface area contributed by atoms with Crippen LogP contribution in [0, 0.1) is 0 Å². The lowest BCUT2D eigenvalue weighted by Crippen LogP contribution is -2.11. The first kappa shape index (κ1) is 12.6. The van der Waals surface area contributed by atoms with E-state index in [-0.39, 0.29) is 0 Å². The first-order chi connectivity index (χ1) is 8.88. The van der Waals surface area contributed by atoms with Crippen LogP contribution in [0.4, 0.5) is 0 Å². The number of nitrogens with one attached hydrogen (secondary N) is 1. The Hall–Kier alpha value is -1.87. The van der Waals surface area contributed by atoms with Crippen molar-refractivity contribution in [1.29, 1.82) is 0 Å². The van der Waals surface area contributed by atoms with Crippen molar-refractivity contribution in [2.75, 3.05) is 6.54 Å². The van der Waals surface area contributed by atoms with Gasteiger partial charge in [0.25, 0.3) is 0 Å². The minimum absolute atomic E-state index is 0.554. The zero-order valence-electron chi connectivity index (χ0n) is 10.6. The summed E-state index contributed by atoms with van der Waals surface area (Å²) in [5, 5.41) is 3.30. The van der Waals surface area contributed by atoms with Gasteiger partial charge in [-0.3, -0.25) is 4.98 Å². The Morgan fingerprint density at radius 1 is 1.17 bits per heavy atom. The van der Waals surface area contributed by atoms with E-state index in [1.165, 1.54) is 5.56 Å². The molecule has 0 atom stereocenters. The monoisotopic (exact) mass is 242 g/mol. The lowest BCUT2D eigenvalue weighted by molar-refractivity contribution is 0.305. The molecule has 0 amide bonds. The number of aromatic nitrogens is 1. The molecule has 0 aliphatic heterocycles. The lowest BCUT2D eigenvalue weighted by atomic mass is 10.2. The third kappa shape index (κ3) is 3.86. The topological polar surface area (TPSA) is 34.1 Å². The van der Waals surface area contributed by atoms with Crippen LogP contribution in [0.2, 0.25) is 0 Å². The first-order valence-electron chi connectivity index (χ1n) is 6.20. The van der Waals surface area contributed by atoms with E-state index < -0.39 is 0 Å². The van der Waals surface area contributed by atoms with Gasteiger partial charge in [0.15, 0.2) is 0 Å². The molecule has 1 aromatic heterocycles. The lowest BCUT2D eigenvalue weighted by Gasteiger charge is -2.08. The highest BCUT2D eigenvalue weighted by Gasteiger charge is 1.98. The molecule has 0 spiro atoms. The summed E-state index contributed by atoms with van der Waals surface area (Å²) < 4.78 is 5.74. The number of hydrogen-bond acceptors (Lipinski definition) is 3. The van der Waals surface area contributed by atoms with Gasteiger partial charge in [0.1, 0.15) is 12.4 Å². The second-order valence-electron chi connectivity index (χ2n) is 4.08. The number of hydrogen-bond donors (Lipinski definition) is 1. The van der Waals surface area contributed by atoms with Crippen LogP contribution in [0.25, 0.3) is 0 Å². The smallest absolute Gasteiger partial charge is 0.120 e. The molecule has 1 heterocycles. The Bertz CT molecular complexity index is 471. The quantitative estimate of drug-likeness (QED) is 0.845. The molecule has 0 fully saturated rings. The van der Waals surface area contributed by atoms with Gasteiger partial charge in [-0.1, -0.05) is 25.1 Å². The van der Waals surface area contributed by atoms with Crippen molar-refractivity contribution in [2.24, 2.45) is 0 Å². The van der Waals surface area contributed by atoms with E-state index >= 15 is 0 Å². The van der Waals surface area contributed by atoms with Gasteiger partial charge in [-0.05, 0) is 30.3 Å². The van der Waals surface area contributed by atoms with Gasteiger partial charge < -0.3 is 10.1 Å². The van der Waals surface area contributed by atoms with E-state index in [9.17, 15) is 0 Å². The molecule has 18 heavy (non-hydrogen) atoms. The van der Waals surface area contributed by atoms with Crippen LogP contribution in [-0.2, 0) is 13.2 Å². The summed E-state index contributed by atoms with van der Waals surface area (Å²) in [5.41, 5.74) is 2.31. The van der Waals surface area contributed by atoms with Crippen LogP contribution in [0.1, 0.15) is 18.1 Å². The molecule has 0 saturated carbocycles. The zero-order chi connectivity index (χ0) is 12.6. The van der Waals surface area contributed by atoms with E-state index in [0.717, 1.165) is 24.4 Å². The van der Waals surface area contributed by atoms with Gasteiger partial charge in [0.2, 0.25) is 0 Å². The van der Waals surface area contributed by atoms with Crippen molar-refractivity contribution in [3.63, 3.8) is 0 Å². The Balaban J connectivity index is 1.93. The minimum Gasteiger partial charge on any atom is -0.489 e. The average Bonchev–Trinajstić information content (AvgIpc) is 2.44. The maximum absolute atomic E-state index is 5.74. The Labute approximate surface area is 108 Å². The molecule has 2 aromatic rings. The molecule has 0 saturated heterocycles. The van der Waals surface area contributed by atoms with Crippen molar-refractivity contribution in [1.82, 2.24) is 10.3 Å². The molecule has 3 heteroatoms. The third-order valence-corrected chi connectivity index (χ3v) is 2.61. The second-order valence-corrected chi connectivity index (χ2v) is 4.08. The van der Waals surface area contributed by atoms with Gasteiger partial charge in [-0.15, -0.1) is 0 Å². The number of benzene rings is 1. The number of rotatable bonds is 6. The van der Waals surface area contributed by atoms with Crippen LogP contribution in [0.3, 0.4) is 0 Å². The summed E-state index contributed by atoms with van der Waals surface area (Å²) in [6.45, 7) is 4.50. The SMILES string of the molecule is CCNCc1cccc(OCc2cccnc2)c1. The van der Waals surface area contributed by atoms with Crippen molar-refractivity contribution in [3.8, 4) is 5.75 Å². The minimum atomic E-state index is 0.554. The maximum Gasteiger partial charge on any atom is 0.120 e. The van der Waals surface area contributed by atoms with Crippen molar-refractivity contribution in [2.45, 2.75) is 20.1 Å². The van der Waals surface area contributed by atoms with Gasteiger partial charge in [0, 0.05) is 24.5 Å². The Morgan fingerprint density at radius 2 is 2.06 bits per heavy atom. The summed E-state index contributed by atoms with van der Waals surface area (Å²) in [4.78, 5) is 4.07.